The maximum atomic E-state index is 12.8. The lowest BCUT2D eigenvalue weighted by molar-refractivity contribution is -0.126. The summed E-state index contributed by atoms with van der Waals surface area (Å²) in [6.45, 7) is 3.27. The first kappa shape index (κ1) is 14.1. The monoisotopic (exact) mass is 287 g/mol. The van der Waals surface area contributed by atoms with Crippen molar-refractivity contribution in [1.82, 2.24) is 4.90 Å². The highest BCUT2D eigenvalue weighted by atomic mass is 16.2. The summed E-state index contributed by atoms with van der Waals surface area (Å²) in [6.07, 6.45) is 1.48. The number of piperidine rings is 1. The van der Waals surface area contributed by atoms with Crippen LogP contribution in [0, 0.1) is 0 Å². The van der Waals surface area contributed by atoms with E-state index in [0.29, 0.717) is 0 Å². The van der Waals surface area contributed by atoms with Gasteiger partial charge in [-0.25, -0.2) is 0 Å². The average molecular weight is 287 g/mol. The van der Waals surface area contributed by atoms with Gasteiger partial charge in [0, 0.05) is 25.8 Å². The van der Waals surface area contributed by atoms with E-state index in [-0.39, 0.29) is 17.9 Å². The summed E-state index contributed by atoms with van der Waals surface area (Å²) in [5, 5.41) is 0. The highest BCUT2D eigenvalue weighted by Gasteiger charge is 2.51. The quantitative estimate of drug-likeness (QED) is 0.877. The second-order valence-corrected chi connectivity index (χ2v) is 6.08. The Morgan fingerprint density at radius 2 is 1.90 bits per heavy atom. The fourth-order valence-corrected chi connectivity index (χ4v) is 3.67. The lowest BCUT2D eigenvalue weighted by Crippen LogP contribution is -2.52. The first-order valence-electron chi connectivity index (χ1n) is 7.38. The van der Waals surface area contributed by atoms with E-state index in [0.717, 1.165) is 37.2 Å². The molecule has 1 saturated heterocycles. The number of carbonyl (C=O) groups is 2. The summed E-state index contributed by atoms with van der Waals surface area (Å²) in [4.78, 5) is 27.9. The van der Waals surface area contributed by atoms with Crippen molar-refractivity contribution in [2.24, 2.45) is 5.73 Å². The van der Waals surface area contributed by atoms with Gasteiger partial charge in [0.2, 0.25) is 11.8 Å². The fraction of sp³-hybridized carbons (Fsp3) is 0.500. The molecule has 1 aromatic carbocycles. The smallest absolute Gasteiger partial charge is 0.237 e. The fourth-order valence-electron chi connectivity index (χ4n) is 3.67. The van der Waals surface area contributed by atoms with Crippen molar-refractivity contribution in [2.45, 2.75) is 31.2 Å². The van der Waals surface area contributed by atoms with Gasteiger partial charge < -0.3 is 10.6 Å². The molecule has 2 heterocycles. The number of primary amides is 1. The van der Waals surface area contributed by atoms with E-state index < -0.39 is 5.41 Å². The van der Waals surface area contributed by atoms with E-state index >= 15 is 0 Å². The molecule has 0 saturated carbocycles. The summed E-state index contributed by atoms with van der Waals surface area (Å²) < 4.78 is 0. The van der Waals surface area contributed by atoms with Crippen LogP contribution in [-0.2, 0) is 15.0 Å². The van der Waals surface area contributed by atoms with E-state index in [1.54, 1.807) is 4.90 Å². The molecule has 1 spiro atoms. The third-order valence-electron chi connectivity index (χ3n) is 5.11. The Bertz CT molecular complexity index is 591. The Kier molecular flexibility index (Phi) is 3.24. The van der Waals surface area contributed by atoms with Gasteiger partial charge in [0.25, 0.3) is 0 Å². The molecule has 112 valence electrons. The van der Waals surface area contributed by atoms with Crippen LogP contribution in [0.15, 0.2) is 24.3 Å². The van der Waals surface area contributed by atoms with Crippen molar-refractivity contribution in [1.29, 1.82) is 0 Å². The molecule has 3 rings (SSSR count). The number of hydrogen-bond donors (Lipinski definition) is 1. The maximum absolute atomic E-state index is 12.8. The first-order valence-corrected chi connectivity index (χ1v) is 7.38. The van der Waals surface area contributed by atoms with E-state index in [2.05, 4.69) is 11.0 Å². The minimum atomic E-state index is -0.417. The number of amides is 2. The van der Waals surface area contributed by atoms with E-state index in [4.69, 9.17) is 5.73 Å². The SMILES string of the molecule is C[C@H](C(N)=O)N1CCC2(CC1)C(=O)N(C)c1ccccc12. The molecular formula is C16H21N3O2. The first-order chi connectivity index (χ1) is 9.97. The average Bonchev–Trinajstić information content (AvgIpc) is 2.71. The van der Waals surface area contributed by atoms with Crippen LogP contribution < -0.4 is 10.6 Å². The van der Waals surface area contributed by atoms with Crippen molar-refractivity contribution in [3.8, 4) is 0 Å². The van der Waals surface area contributed by atoms with Gasteiger partial charge in [0.05, 0.1) is 11.5 Å². The number of fused-ring (bicyclic) bond motifs is 2. The number of benzene rings is 1. The van der Waals surface area contributed by atoms with Crippen LogP contribution in [-0.4, -0.2) is 42.9 Å². The van der Waals surface area contributed by atoms with Crippen molar-refractivity contribution in [2.75, 3.05) is 25.0 Å². The maximum Gasteiger partial charge on any atom is 0.237 e. The number of carbonyl (C=O) groups excluding carboxylic acids is 2. The predicted molar refractivity (Wildman–Crippen MR) is 81.0 cm³/mol. The summed E-state index contributed by atoms with van der Waals surface area (Å²) in [5.41, 5.74) is 7.11. The van der Waals surface area contributed by atoms with Crippen LogP contribution >= 0.6 is 0 Å². The minimum Gasteiger partial charge on any atom is -0.368 e. The lowest BCUT2D eigenvalue weighted by atomic mass is 9.73. The number of rotatable bonds is 2. The molecule has 1 aromatic rings. The van der Waals surface area contributed by atoms with Gasteiger partial charge in [-0.3, -0.25) is 14.5 Å². The molecule has 0 unspecified atom stereocenters. The molecule has 0 bridgehead atoms. The van der Waals surface area contributed by atoms with Crippen LogP contribution in [0.5, 0.6) is 0 Å². The molecule has 0 aromatic heterocycles. The highest BCUT2D eigenvalue weighted by Crippen LogP contribution is 2.47. The van der Waals surface area contributed by atoms with Crippen molar-refractivity contribution in [3.05, 3.63) is 29.8 Å². The van der Waals surface area contributed by atoms with E-state index in [9.17, 15) is 9.59 Å². The number of anilines is 1. The number of nitrogens with zero attached hydrogens (tertiary/aromatic N) is 2. The molecule has 21 heavy (non-hydrogen) atoms. The minimum absolute atomic E-state index is 0.176. The molecule has 2 amide bonds. The standard InChI is InChI=1S/C16H21N3O2/c1-11(14(17)20)19-9-7-16(8-10-19)12-5-3-4-6-13(12)18(2)15(16)21/h3-6,11H,7-10H2,1-2H3,(H2,17,20)/t11-/m1/s1. The Balaban J connectivity index is 1.88. The zero-order valence-corrected chi connectivity index (χ0v) is 12.5. The number of nitrogens with two attached hydrogens (primary N) is 1. The lowest BCUT2D eigenvalue weighted by Gasteiger charge is -2.40. The summed E-state index contributed by atoms with van der Waals surface area (Å²) in [7, 11) is 1.84. The second-order valence-electron chi connectivity index (χ2n) is 6.08. The van der Waals surface area contributed by atoms with Gasteiger partial charge in [0.1, 0.15) is 0 Å². The molecule has 5 heteroatoms. The third kappa shape index (κ3) is 1.95. The largest absolute Gasteiger partial charge is 0.368 e. The Hall–Kier alpha value is -1.88. The molecule has 5 nitrogen and oxygen atoms in total. The number of hydrogen-bond acceptors (Lipinski definition) is 3. The van der Waals surface area contributed by atoms with Crippen molar-refractivity contribution < 1.29 is 9.59 Å². The topological polar surface area (TPSA) is 66.6 Å². The van der Waals surface area contributed by atoms with Crippen LogP contribution in [0.1, 0.15) is 25.3 Å². The van der Waals surface area contributed by atoms with Gasteiger partial charge >= 0.3 is 0 Å². The summed E-state index contributed by atoms with van der Waals surface area (Å²) in [5.74, 6) is -0.128. The Morgan fingerprint density at radius 1 is 1.29 bits per heavy atom. The van der Waals surface area contributed by atoms with E-state index in [1.165, 1.54) is 0 Å². The molecule has 1 fully saturated rings. The van der Waals surface area contributed by atoms with Crippen LogP contribution in [0.25, 0.3) is 0 Å². The molecule has 0 radical (unpaired) electrons. The number of likely N-dealkylation sites (N-methyl/N-ethyl adjacent to an activating group) is 1. The van der Waals surface area contributed by atoms with Crippen LogP contribution in [0.4, 0.5) is 5.69 Å². The normalized spacial score (nSPS) is 22.4. The van der Waals surface area contributed by atoms with Gasteiger partial charge in [-0.15, -0.1) is 0 Å². The summed E-state index contributed by atoms with van der Waals surface area (Å²) in [6, 6.07) is 7.74. The zero-order chi connectivity index (χ0) is 15.2. The zero-order valence-electron chi connectivity index (χ0n) is 12.5. The highest BCUT2D eigenvalue weighted by molar-refractivity contribution is 6.07. The summed E-state index contributed by atoms with van der Waals surface area (Å²) >= 11 is 0. The third-order valence-corrected chi connectivity index (χ3v) is 5.11. The number of para-hydroxylation sites is 1. The Morgan fingerprint density at radius 3 is 2.52 bits per heavy atom. The molecule has 1 atom stereocenters. The van der Waals surface area contributed by atoms with Gasteiger partial charge in [-0.2, -0.15) is 0 Å². The predicted octanol–water partition coefficient (Wildman–Crippen LogP) is 0.870. The number of likely N-dealkylation sites (tertiary alicyclic amines) is 1. The van der Waals surface area contributed by atoms with Gasteiger partial charge in [-0.1, -0.05) is 18.2 Å². The van der Waals surface area contributed by atoms with Crippen LogP contribution in [0.3, 0.4) is 0 Å². The molecule has 2 N–H and O–H groups in total. The Labute approximate surface area is 124 Å². The van der Waals surface area contributed by atoms with Gasteiger partial charge in [0.15, 0.2) is 0 Å². The molecule has 2 aliphatic heterocycles. The second kappa shape index (κ2) is 4.84. The van der Waals surface area contributed by atoms with Crippen molar-refractivity contribution in [3.63, 3.8) is 0 Å². The molecule has 0 aliphatic carbocycles. The van der Waals surface area contributed by atoms with Gasteiger partial charge in [-0.05, 0) is 31.4 Å². The molecular weight excluding hydrogens is 266 g/mol. The van der Waals surface area contributed by atoms with Crippen molar-refractivity contribution >= 4 is 17.5 Å². The van der Waals surface area contributed by atoms with Crippen LogP contribution in [0.2, 0.25) is 0 Å². The van der Waals surface area contributed by atoms with E-state index in [1.807, 2.05) is 32.2 Å². The molecule has 2 aliphatic rings.